The topological polar surface area (TPSA) is 9.23 Å². The molecule has 0 fully saturated rings. The van der Waals surface area contributed by atoms with Gasteiger partial charge in [-0.25, -0.2) is 0 Å². The second kappa shape index (κ2) is 6.96. The van der Waals surface area contributed by atoms with Gasteiger partial charge in [0, 0.05) is 20.5 Å². The zero-order valence-electron chi connectivity index (χ0n) is 7.77. The summed E-state index contributed by atoms with van der Waals surface area (Å²) in [5, 5.41) is 0. The lowest BCUT2D eigenvalue weighted by Gasteiger charge is -1.94. The van der Waals surface area contributed by atoms with E-state index in [0.29, 0.717) is 0 Å². The van der Waals surface area contributed by atoms with Crippen LogP contribution in [-0.4, -0.2) is 16.0 Å². The highest BCUT2D eigenvalue weighted by Crippen LogP contribution is 2.40. The van der Waals surface area contributed by atoms with E-state index in [0.717, 1.165) is 16.0 Å². The van der Waals surface area contributed by atoms with Crippen LogP contribution in [0, 0.1) is 0 Å². The number of benzene rings is 1. The number of hydrogen-bond acceptors (Lipinski definition) is 3. The zero-order valence-corrected chi connectivity index (χ0v) is 13.9. The fraction of sp³-hybridized carbons (Fsp3) is 0.250. The van der Waals surface area contributed by atoms with Gasteiger partial charge in [-0.3, -0.25) is 4.52 Å². The van der Waals surface area contributed by atoms with Crippen LogP contribution in [-0.2, 0) is 11.8 Å². The largest absolute Gasteiger partial charge is 0.463 e. The Morgan fingerprint density at radius 1 is 1.43 bits per heavy atom. The van der Waals surface area contributed by atoms with Crippen molar-refractivity contribution in [1.82, 2.24) is 0 Å². The molecule has 6 heteroatoms. The van der Waals surface area contributed by atoms with Crippen LogP contribution in [0.3, 0.4) is 0 Å². The Balaban J connectivity index is 2.44. The SMILES string of the molecule is [SiH3]CCS[P+](=S)Oc1ccc(Br)cc1. The van der Waals surface area contributed by atoms with Crippen molar-refractivity contribution in [2.75, 3.05) is 5.75 Å². The molecule has 0 bridgehead atoms. The fourth-order valence-electron chi connectivity index (χ4n) is 0.774. The second-order valence-corrected chi connectivity index (χ2v) is 9.27. The van der Waals surface area contributed by atoms with Crippen LogP contribution < -0.4 is 4.52 Å². The van der Waals surface area contributed by atoms with Crippen molar-refractivity contribution in [2.45, 2.75) is 6.04 Å². The Bertz CT molecular complexity index is 307. The molecule has 0 aliphatic carbocycles. The lowest BCUT2D eigenvalue weighted by Crippen LogP contribution is -1.79. The maximum Gasteiger partial charge on any atom is 0.463 e. The van der Waals surface area contributed by atoms with E-state index < -0.39 is 6.13 Å². The molecule has 0 N–H and O–H groups in total. The van der Waals surface area contributed by atoms with Gasteiger partial charge in [0.15, 0.2) is 5.75 Å². The molecule has 0 amide bonds. The first kappa shape index (κ1) is 12.7. The Morgan fingerprint density at radius 2 is 2.07 bits per heavy atom. The van der Waals surface area contributed by atoms with E-state index in [2.05, 4.69) is 15.9 Å². The molecule has 0 spiro atoms. The molecule has 0 saturated carbocycles. The monoisotopic (exact) mass is 325 g/mol. The predicted octanol–water partition coefficient (Wildman–Crippen LogP) is 3.12. The summed E-state index contributed by atoms with van der Waals surface area (Å²) in [6.45, 7) is 0. The van der Waals surface area contributed by atoms with Crippen molar-refractivity contribution in [3.63, 3.8) is 0 Å². The van der Waals surface area contributed by atoms with E-state index in [9.17, 15) is 0 Å². The molecule has 0 saturated heterocycles. The van der Waals surface area contributed by atoms with Gasteiger partial charge >= 0.3 is 6.13 Å². The van der Waals surface area contributed by atoms with Crippen molar-refractivity contribution in [1.29, 1.82) is 0 Å². The lowest BCUT2D eigenvalue weighted by atomic mass is 10.3. The van der Waals surface area contributed by atoms with Crippen LogP contribution in [0.5, 0.6) is 5.75 Å². The van der Waals surface area contributed by atoms with Crippen molar-refractivity contribution in [3.8, 4) is 5.75 Å². The highest BCUT2D eigenvalue weighted by molar-refractivity contribution is 9.10. The normalized spacial score (nSPS) is 11.4. The lowest BCUT2D eigenvalue weighted by molar-refractivity contribution is 0.641. The number of rotatable bonds is 5. The summed E-state index contributed by atoms with van der Waals surface area (Å²) >= 11 is 10.4. The van der Waals surface area contributed by atoms with Crippen molar-refractivity contribution >= 4 is 55.5 Å². The molecule has 1 atom stereocenters. The Labute approximate surface area is 106 Å². The van der Waals surface area contributed by atoms with Gasteiger partial charge in [-0.15, -0.1) is 0 Å². The van der Waals surface area contributed by atoms with Crippen LogP contribution in [0.15, 0.2) is 28.7 Å². The summed E-state index contributed by atoms with van der Waals surface area (Å²) in [4.78, 5) is 0. The molecule has 0 radical (unpaired) electrons. The average Bonchev–Trinajstić information content (AvgIpc) is 2.18. The van der Waals surface area contributed by atoms with Crippen molar-refractivity contribution in [3.05, 3.63) is 28.7 Å². The van der Waals surface area contributed by atoms with Gasteiger partial charge in [-0.2, -0.15) is 0 Å². The Morgan fingerprint density at radius 3 is 2.64 bits per heavy atom. The first-order chi connectivity index (χ1) is 6.72. The van der Waals surface area contributed by atoms with Crippen molar-refractivity contribution < 1.29 is 4.52 Å². The molecule has 0 aliphatic rings. The van der Waals surface area contributed by atoms with Crippen LogP contribution in [0.25, 0.3) is 0 Å². The summed E-state index contributed by atoms with van der Waals surface area (Å²) in [5.74, 6) is 2.01. The molecule has 1 unspecified atom stereocenters. The van der Waals surface area contributed by atoms with E-state index in [1.807, 2.05) is 24.3 Å². The van der Waals surface area contributed by atoms with Gasteiger partial charge in [0.2, 0.25) is 11.8 Å². The zero-order chi connectivity index (χ0) is 10.4. The molecule has 0 heterocycles. The van der Waals surface area contributed by atoms with E-state index >= 15 is 0 Å². The van der Waals surface area contributed by atoms with Crippen LogP contribution >= 0.6 is 33.4 Å². The van der Waals surface area contributed by atoms with Crippen LogP contribution in [0.1, 0.15) is 0 Å². The maximum absolute atomic E-state index is 5.61. The smallest absolute Gasteiger partial charge is 0.265 e. The number of hydrogen-bond donors (Lipinski definition) is 0. The third kappa shape index (κ3) is 4.89. The molecular formula is C8H11BrOPS2Si+. The summed E-state index contributed by atoms with van der Waals surface area (Å²) in [6.07, 6.45) is -0.765. The summed E-state index contributed by atoms with van der Waals surface area (Å²) in [6, 6.07) is 9.08. The first-order valence-electron chi connectivity index (χ1n) is 4.26. The molecule has 1 rings (SSSR count). The van der Waals surface area contributed by atoms with Gasteiger partial charge in [-0.05, 0) is 24.3 Å². The maximum atomic E-state index is 5.61. The molecule has 0 aliphatic heterocycles. The van der Waals surface area contributed by atoms with Crippen LogP contribution in [0.4, 0.5) is 0 Å². The summed E-state index contributed by atoms with van der Waals surface area (Å²) < 4.78 is 6.67. The van der Waals surface area contributed by atoms with Gasteiger partial charge in [0.05, 0.1) is 0 Å². The predicted molar refractivity (Wildman–Crippen MR) is 76.3 cm³/mol. The molecular weight excluding hydrogens is 315 g/mol. The third-order valence-electron chi connectivity index (χ3n) is 1.39. The minimum atomic E-state index is -0.765. The molecule has 1 nitrogen and oxygen atoms in total. The van der Waals surface area contributed by atoms with Crippen LogP contribution in [0.2, 0.25) is 6.04 Å². The van der Waals surface area contributed by atoms with E-state index in [1.165, 1.54) is 16.3 Å². The quantitative estimate of drug-likeness (QED) is 0.608. The molecule has 0 aromatic heterocycles. The van der Waals surface area contributed by atoms with E-state index in [1.54, 1.807) is 11.4 Å². The summed E-state index contributed by atoms with van der Waals surface area (Å²) in [7, 11) is 1.25. The fourth-order valence-corrected chi connectivity index (χ4v) is 5.70. The van der Waals surface area contributed by atoms with E-state index in [4.69, 9.17) is 16.3 Å². The van der Waals surface area contributed by atoms with Gasteiger partial charge in [-0.1, -0.05) is 22.0 Å². The Hall–Kier alpha value is 0.587. The molecule has 1 aromatic carbocycles. The summed E-state index contributed by atoms with van der Waals surface area (Å²) in [5.41, 5.74) is 0. The molecule has 14 heavy (non-hydrogen) atoms. The Kier molecular flexibility index (Phi) is 6.29. The minimum absolute atomic E-state index is 0.765. The first-order valence-corrected chi connectivity index (χ1v) is 10.3. The highest BCUT2D eigenvalue weighted by atomic mass is 79.9. The standard InChI is InChI=1S/C8H11BrOPS2Si/c9-7-1-3-8(4-2-7)10-11(12)13-5-6-14/h1-4H,5-6H2,14H3/q+1. The second-order valence-electron chi connectivity index (χ2n) is 2.60. The van der Waals surface area contributed by atoms with E-state index in [-0.39, 0.29) is 0 Å². The third-order valence-corrected chi connectivity index (χ3v) is 6.89. The minimum Gasteiger partial charge on any atom is -0.265 e. The van der Waals surface area contributed by atoms with Gasteiger partial charge in [0.1, 0.15) is 11.4 Å². The average molecular weight is 326 g/mol. The van der Waals surface area contributed by atoms with Gasteiger partial charge in [0.25, 0.3) is 0 Å². The highest BCUT2D eigenvalue weighted by Gasteiger charge is 2.14. The number of halogens is 1. The van der Waals surface area contributed by atoms with Crippen molar-refractivity contribution in [2.24, 2.45) is 0 Å². The molecule has 76 valence electrons. The van der Waals surface area contributed by atoms with Gasteiger partial charge < -0.3 is 0 Å². The molecule has 1 aromatic rings.